The van der Waals surface area contributed by atoms with Gasteiger partial charge in [-0.25, -0.2) is 19.6 Å². The summed E-state index contributed by atoms with van der Waals surface area (Å²) >= 11 is 0. The Morgan fingerprint density at radius 1 is 0.586 bits per heavy atom. The smallest absolute Gasteiger partial charge is 0.328 e. The predicted octanol–water partition coefficient (Wildman–Crippen LogP) is -2.44. The molecular formula is C16H20N8NaO4. The molecule has 0 aliphatic heterocycles. The molecule has 0 atom stereocenters. The minimum atomic E-state index is -0.360. The van der Waals surface area contributed by atoms with Crippen LogP contribution < -0.4 is 22.5 Å². The normalized spacial score (nSPS) is 10.7. The van der Waals surface area contributed by atoms with E-state index in [1.165, 1.54) is 35.9 Å². The minimum absolute atomic E-state index is 0. The first-order chi connectivity index (χ1) is 13.1. The Kier molecular flexibility index (Phi) is 6.21. The number of rotatable bonds is 0. The van der Waals surface area contributed by atoms with E-state index in [0.717, 1.165) is 9.13 Å². The van der Waals surface area contributed by atoms with E-state index in [0.29, 0.717) is 22.3 Å². The van der Waals surface area contributed by atoms with Gasteiger partial charge in [0.05, 0.1) is 12.7 Å². The second-order valence-electron chi connectivity index (χ2n) is 6.47. The summed E-state index contributed by atoms with van der Waals surface area (Å²) in [5, 5.41) is 0. The Bertz CT molecular complexity index is 1350. The monoisotopic (exact) mass is 411 g/mol. The second-order valence-corrected chi connectivity index (χ2v) is 6.47. The maximum absolute atomic E-state index is 11.7. The van der Waals surface area contributed by atoms with Gasteiger partial charge in [-0.15, -0.1) is 0 Å². The maximum Gasteiger partial charge on any atom is 0.332 e. The number of nitrogens with zero attached hydrogens (tertiary/aromatic N) is 8. The van der Waals surface area contributed by atoms with Crippen LogP contribution in [0.2, 0.25) is 0 Å². The van der Waals surface area contributed by atoms with Crippen LogP contribution in [0.4, 0.5) is 0 Å². The van der Waals surface area contributed by atoms with E-state index in [-0.39, 0.29) is 52.1 Å². The summed E-state index contributed by atoms with van der Waals surface area (Å²) < 4.78 is 8.08. The largest absolute Gasteiger partial charge is 0.332 e. The molecule has 1 radical (unpaired) electrons. The molecule has 13 heteroatoms. The Morgan fingerprint density at radius 3 is 1.21 bits per heavy atom. The van der Waals surface area contributed by atoms with Crippen molar-refractivity contribution < 1.29 is 0 Å². The Labute approximate surface area is 185 Å². The minimum Gasteiger partial charge on any atom is -0.328 e. The molecule has 0 aliphatic carbocycles. The Hall–Kier alpha value is -2.70. The van der Waals surface area contributed by atoms with E-state index in [2.05, 4.69) is 9.97 Å². The van der Waals surface area contributed by atoms with E-state index in [9.17, 15) is 19.2 Å². The van der Waals surface area contributed by atoms with Crippen LogP contribution in [0.1, 0.15) is 0 Å². The summed E-state index contributed by atoms with van der Waals surface area (Å²) in [6.07, 6.45) is 3.04. The molecule has 29 heavy (non-hydrogen) atoms. The van der Waals surface area contributed by atoms with Crippen molar-refractivity contribution in [2.45, 2.75) is 0 Å². The summed E-state index contributed by atoms with van der Waals surface area (Å²) in [7, 11) is 9.55. The molecule has 0 unspecified atom stereocenters. The number of hydrogen-bond acceptors (Lipinski definition) is 6. The molecule has 0 spiro atoms. The van der Waals surface area contributed by atoms with Gasteiger partial charge in [0.15, 0.2) is 22.3 Å². The predicted molar refractivity (Wildman–Crippen MR) is 108 cm³/mol. The third-order valence-corrected chi connectivity index (χ3v) is 4.63. The van der Waals surface area contributed by atoms with Crippen molar-refractivity contribution in [2.75, 3.05) is 0 Å². The van der Waals surface area contributed by atoms with Crippen molar-refractivity contribution in [3.63, 3.8) is 0 Å². The molecule has 4 heterocycles. The van der Waals surface area contributed by atoms with E-state index in [4.69, 9.17) is 0 Å². The first-order valence-corrected chi connectivity index (χ1v) is 8.22. The third kappa shape index (κ3) is 3.43. The van der Waals surface area contributed by atoms with Crippen LogP contribution in [0.3, 0.4) is 0 Å². The Morgan fingerprint density at radius 2 is 0.897 bits per heavy atom. The molecule has 149 valence electrons. The zero-order chi connectivity index (χ0) is 20.9. The van der Waals surface area contributed by atoms with Gasteiger partial charge in [0.2, 0.25) is 0 Å². The molecule has 0 saturated carbocycles. The van der Waals surface area contributed by atoms with Crippen LogP contribution in [0.25, 0.3) is 22.3 Å². The zero-order valence-corrected chi connectivity index (χ0v) is 19.4. The van der Waals surface area contributed by atoms with Gasteiger partial charge < -0.3 is 9.13 Å². The quantitative estimate of drug-likeness (QED) is 0.296. The number of imidazole rings is 2. The van der Waals surface area contributed by atoms with Crippen LogP contribution in [0.5, 0.6) is 0 Å². The molecular weight excluding hydrogens is 391 g/mol. The number of fused-ring (bicyclic) bond motifs is 2. The van der Waals surface area contributed by atoms with Crippen molar-refractivity contribution in [1.82, 2.24) is 37.4 Å². The fourth-order valence-electron chi connectivity index (χ4n) is 2.94. The van der Waals surface area contributed by atoms with Gasteiger partial charge in [-0.05, 0) is 0 Å². The first kappa shape index (κ1) is 22.6. The van der Waals surface area contributed by atoms with Gasteiger partial charge in [0.1, 0.15) is 0 Å². The molecule has 12 nitrogen and oxygen atoms in total. The fraction of sp³-hybridized carbons (Fsp3) is 0.375. The zero-order valence-electron chi connectivity index (χ0n) is 17.4. The van der Waals surface area contributed by atoms with Gasteiger partial charge in [-0.3, -0.25) is 27.9 Å². The standard InChI is InChI=1S/2C8H10N4O2.Na/c2*1-10-4-9-6-5(10)7(13)12(3)8(14)11(6)2;/h2*4H,1-3H3;. The molecule has 0 aromatic carbocycles. The average Bonchev–Trinajstić information content (AvgIpc) is 3.25. The van der Waals surface area contributed by atoms with Crippen LogP contribution >= 0.6 is 0 Å². The van der Waals surface area contributed by atoms with E-state index < -0.39 is 0 Å². The fourth-order valence-corrected chi connectivity index (χ4v) is 2.94. The van der Waals surface area contributed by atoms with Crippen molar-refractivity contribution in [3.8, 4) is 0 Å². The van der Waals surface area contributed by atoms with Gasteiger partial charge in [-0.2, -0.15) is 0 Å². The molecule has 0 aliphatic rings. The molecule has 0 fully saturated rings. The molecule has 4 rings (SSSR count). The van der Waals surface area contributed by atoms with Crippen LogP contribution in [-0.4, -0.2) is 66.9 Å². The average molecular weight is 411 g/mol. The molecule has 4 aromatic rings. The summed E-state index contributed by atoms with van der Waals surface area (Å²) in [5.74, 6) is 0. The van der Waals surface area contributed by atoms with Crippen molar-refractivity contribution in [2.24, 2.45) is 42.3 Å². The molecule has 0 N–H and O–H groups in total. The number of aryl methyl sites for hydroxylation is 4. The summed E-state index contributed by atoms with van der Waals surface area (Å²) in [6, 6.07) is 0. The SMILES string of the molecule is Cn1c(=O)c2c(ncn2C)n(C)c1=O.Cn1c(=O)c2c(ncn2C)n(C)c1=O.[Na]. The Balaban J connectivity index is 0.000000200. The second kappa shape index (κ2) is 7.97. The van der Waals surface area contributed by atoms with Crippen LogP contribution in [0.15, 0.2) is 31.8 Å². The molecule has 0 amide bonds. The van der Waals surface area contributed by atoms with Gasteiger partial charge in [0, 0.05) is 71.8 Å². The summed E-state index contributed by atoms with van der Waals surface area (Å²) in [4.78, 5) is 54.3. The topological polar surface area (TPSA) is 124 Å². The van der Waals surface area contributed by atoms with Crippen LogP contribution in [0, 0.1) is 0 Å². The third-order valence-electron chi connectivity index (χ3n) is 4.63. The maximum atomic E-state index is 11.7. The van der Waals surface area contributed by atoms with E-state index >= 15 is 0 Å². The van der Waals surface area contributed by atoms with Gasteiger partial charge in [0.25, 0.3) is 11.1 Å². The number of hydrogen-bond donors (Lipinski definition) is 0. The van der Waals surface area contributed by atoms with Crippen molar-refractivity contribution in [3.05, 3.63) is 54.3 Å². The number of aromatic nitrogens is 8. The van der Waals surface area contributed by atoms with E-state index in [1.807, 2.05) is 0 Å². The van der Waals surface area contributed by atoms with Crippen LogP contribution in [-0.2, 0) is 42.3 Å². The van der Waals surface area contributed by atoms with Gasteiger partial charge in [-0.1, -0.05) is 0 Å². The molecule has 4 aromatic heterocycles. The first-order valence-electron chi connectivity index (χ1n) is 8.22. The molecule has 0 bridgehead atoms. The van der Waals surface area contributed by atoms with Gasteiger partial charge >= 0.3 is 11.4 Å². The summed E-state index contributed by atoms with van der Waals surface area (Å²) in [5.41, 5.74) is 0.360. The van der Waals surface area contributed by atoms with Crippen molar-refractivity contribution in [1.29, 1.82) is 0 Å². The van der Waals surface area contributed by atoms with Crippen molar-refractivity contribution >= 4 is 51.9 Å². The molecule has 0 saturated heterocycles. The van der Waals surface area contributed by atoms with E-state index in [1.54, 1.807) is 37.3 Å². The summed E-state index contributed by atoms with van der Waals surface area (Å²) in [6.45, 7) is 0.